The van der Waals surface area contributed by atoms with Crippen molar-refractivity contribution in [3.63, 3.8) is 0 Å². The zero-order valence-electron chi connectivity index (χ0n) is 18.5. The lowest BCUT2D eigenvalue weighted by atomic mass is 10.0. The molecule has 0 fully saturated rings. The fourth-order valence-corrected chi connectivity index (χ4v) is 5.58. The average molecular weight is 474 g/mol. The third-order valence-electron chi connectivity index (χ3n) is 5.87. The van der Waals surface area contributed by atoms with Crippen LogP contribution >= 0.6 is 0 Å². The first-order valence-corrected chi connectivity index (χ1v) is 12.4. The van der Waals surface area contributed by atoms with Crippen molar-refractivity contribution < 1.29 is 13.2 Å². The standard InChI is InChI=1S/C25H23N5O3S/c1-2-27-34(32,33)22-10-6-5-9-19(22)16-11-12-21-20(13-16)23(29-25(26)28-21)24(31)30-14-17-7-3-4-8-18(17)15-30/h3-13,27H,2,14-15H2,1H3,(H2,26,28,29). The Balaban J connectivity index is 1.61. The molecular weight excluding hydrogens is 450 g/mol. The van der Waals surface area contributed by atoms with Gasteiger partial charge in [-0.15, -0.1) is 0 Å². The summed E-state index contributed by atoms with van der Waals surface area (Å²) in [7, 11) is -3.70. The molecule has 1 amide bonds. The van der Waals surface area contributed by atoms with Crippen LogP contribution in [0.25, 0.3) is 22.0 Å². The normalized spacial score (nSPS) is 13.3. The smallest absolute Gasteiger partial charge is 0.273 e. The largest absolute Gasteiger partial charge is 0.368 e. The van der Waals surface area contributed by atoms with Gasteiger partial charge in [0, 0.05) is 30.6 Å². The van der Waals surface area contributed by atoms with E-state index in [0.717, 1.165) is 11.1 Å². The van der Waals surface area contributed by atoms with Crippen molar-refractivity contribution in [2.75, 3.05) is 12.3 Å². The zero-order valence-corrected chi connectivity index (χ0v) is 19.3. The Morgan fingerprint density at radius 1 is 1.00 bits per heavy atom. The molecule has 9 heteroatoms. The number of carbonyl (C=O) groups is 1. The fraction of sp³-hybridized carbons (Fsp3) is 0.160. The molecule has 3 aromatic carbocycles. The van der Waals surface area contributed by atoms with Gasteiger partial charge in [0.2, 0.25) is 16.0 Å². The van der Waals surface area contributed by atoms with E-state index < -0.39 is 10.0 Å². The number of nitrogen functional groups attached to an aromatic ring is 1. The summed E-state index contributed by atoms with van der Waals surface area (Å²) >= 11 is 0. The number of sulfonamides is 1. The first-order valence-electron chi connectivity index (χ1n) is 10.9. The van der Waals surface area contributed by atoms with Crippen LogP contribution in [0.3, 0.4) is 0 Å². The number of carbonyl (C=O) groups excluding carboxylic acids is 1. The van der Waals surface area contributed by atoms with Crippen molar-refractivity contribution in [3.8, 4) is 11.1 Å². The van der Waals surface area contributed by atoms with Gasteiger partial charge in [0.25, 0.3) is 5.91 Å². The lowest BCUT2D eigenvalue weighted by Gasteiger charge is -2.17. The van der Waals surface area contributed by atoms with Gasteiger partial charge < -0.3 is 10.6 Å². The van der Waals surface area contributed by atoms with Crippen LogP contribution < -0.4 is 10.5 Å². The summed E-state index contributed by atoms with van der Waals surface area (Å²) in [6.07, 6.45) is 0. The van der Waals surface area contributed by atoms with Crippen LogP contribution in [0, 0.1) is 0 Å². The van der Waals surface area contributed by atoms with Crippen molar-refractivity contribution in [1.29, 1.82) is 0 Å². The van der Waals surface area contributed by atoms with Gasteiger partial charge >= 0.3 is 0 Å². The van der Waals surface area contributed by atoms with E-state index in [0.29, 0.717) is 35.1 Å². The van der Waals surface area contributed by atoms with E-state index in [4.69, 9.17) is 5.73 Å². The van der Waals surface area contributed by atoms with Gasteiger partial charge in [0.15, 0.2) is 0 Å². The van der Waals surface area contributed by atoms with Crippen LogP contribution in [0.1, 0.15) is 28.5 Å². The van der Waals surface area contributed by atoms with E-state index in [1.165, 1.54) is 0 Å². The predicted octanol–water partition coefficient (Wildman–Crippen LogP) is 3.33. The Morgan fingerprint density at radius 3 is 2.38 bits per heavy atom. The Labute approximate surface area is 197 Å². The maximum atomic E-state index is 13.5. The molecule has 172 valence electrons. The molecule has 4 aromatic rings. The Hall–Kier alpha value is -3.82. The molecule has 1 aromatic heterocycles. The number of aromatic nitrogens is 2. The molecule has 1 aliphatic heterocycles. The van der Waals surface area contributed by atoms with Gasteiger partial charge in [-0.1, -0.05) is 55.5 Å². The molecule has 0 bridgehead atoms. The second-order valence-electron chi connectivity index (χ2n) is 8.09. The van der Waals surface area contributed by atoms with Crippen LogP contribution in [0.2, 0.25) is 0 Å². The molecule has 1 aliphatic rings. The SMILES string of the molecule is CCNS(=O)(=O)c1ccccc1-c1ccc2nc(N)nc(C(=O)N3Cc4ccccc4C3)c2c1. The molecule has 5 rings (SSSR count). The summed E-state index contributed by atoms with van der Waals surface area (Å²) in [5, 5.41) is 0.517. The molecule has 0 spiro atoms. The maximum absolute atomic E-state index is 13.5. The highest BCUT2D eigenvalue weighted by Crippen LogP contribution is 2.32. The quantitative estimate of drug-likeness (QED) is 0.459. The summed E-state index contributed by atoms with van der Waals surface area (Å²) in [5.41, 5.74) is 10.0. The minimum atomic E-state index is -3.70. The number of amides is 1. The minimum Gasteiger partial charge on any atom is -0.368 e. The van der Waals surface area contributed by atoms with E-state index in [-0.39, 0.29) is 29.0 Å². The number of hydrogen-bond donors (Lipinski definition) is 2. The molecule has 0 radical (unpaired) electrons. The summed E-state index contributed by atoms with van der Waals surface area (Å²) in [4.78, 5) is 24.0. The number of rotatable bonds is 5. The number of anilines is 1. The van der Waals surface area contributed by atoms with E-state index in [1.807, 2.05) is 24.3 Å². The number of nitrogens with zero attached hydrogens (tertiary/aromatic N) is 3. The molecule has 2 heterocycles. The topological polar surface area (TPSA) is 118 Å². The molecule has 0 unspecified atom stereocenters. The summed E-state index contributed by atoms with van der Waals surface area (Å²) < 4.78 is 28.1. The average Bonchev–Trinajstić information content (AvgIpc) is 3.27. The van der Waals surface area contributed by atoms with E-state index in [1.54, 1.807) is 54.3 Å². The highest BCUT2D eigenvalue weighted by Gasteiger charge is 2.27. The van der Waals surface area contributed by atoms with Crippen LogP contribution in [0.5, 0.6) is 0 Å². The van der Waals surface area contributed by atoms with Crippen LogP contribution in [-0.4, -0.2) is 35.7 Å². The summed E-state index contributed by atoms with van der Waals surface area (Å²) in [6.45, 7) is 2.98. The van der Waals surface area contributed by atoms with Gasteiger partial charge in [0.05, 0.1) is 10.4 Å². The van der Waals surface area contributed by atoms with Gasteiger partial charge in [-0.2, -0.15) is 0 Å². The first kappa shape index (κ1) is 22.0. The number of fused-ring (bicyclic) bond motifs is 2. The Bertz CT molecular complexity index is 1510. The zero-order chi connectivity index (χ0) is 23.9. The maximum Gasteiger partial charge on any atom is 0.273 e. The molecule has 8 nitrogen and oxygen atoms in total. The molecule has 34 heavy (non-hydrogen) atoms. The van der Waals surface area contributed by atoms with Crippen molar-refractivity contribution in [2.24, 2.45) is 0 Å². The van der Waals surface area contributed by atoms with Crippen molar-refractivity contribution in [3.05, 3.63) is 83.6 Å². The highest BCUT2D eigenvalue weighted by molar-refractivity contribution is 7.89. The summed E-state index contributed by atoms with van der Waals surface area (Å²) in [6, 6.07) is 19.9. The lowest BCUT2D eigenvalue weighted by molar-refractivity contribution is 0.0747. The van der Waals surface area contributed by atoms with Gasteiger partial charge in [0.1, 0.15) is 5.69 Å². The van der Waals surface area contributed by atoms with E-state index >= 15 is 0 Å². The van der Waals surface area contributed by atoms with Crippen molar-refractivity contribution >= 4 is 32.8 Å². The number of benzene rings is 3. The third-order valence-corrected chi connectivity index (χ3v) is 7.47. The van der Waals surface area contributed by atoms with Gasteiger partial charge in [-0.05, 0) is 34.9 Å². The van der Waals surface area contributed by atoms with Crippen LogP contribution in [-0.2, 0) is 23.1 Å². The number of nitrogens with two attached hydrogens (primary N) is 1. The monoisotopic (exact) mass is 473 g/mol. The molecule has 0 aliphatic carbocycles. The number of nitrogens with one attached hydrogen (secondary N) is 1. The lowest BCUT2D eigenvalue weighted by Crippen LogP contribution is -2.27. The molecule has 0 atom stereocenters. The predicted molar refractivity (Wildman–Crippen MR) is 130 cm³/mol. The Morgan fingerprint density at radius 2 is 1.68 bits per heavy atom. The summed E-state index contributed by atoms with van der Waals surface area (Å²) in [5.74, 6) is -0.239. The molecular formula is C25H23N5O3S. The van der Waals surface area contributed by atoms with Crippen LogP contribution in [0.4, 0.5) is 5.95 Å². The minimum absolute atomic E-state index is 0.00966. The second-order valence-corrected chi connectivity index (χ2v) is 9.83. The van der Waals surface area contributed by atoms with E-state index in [9.17, 15) is 13.2 Å². The van der Waals surface area contributed by atoms with Crippen molar-refractivity contribution in [2.45, 2.75) is 24.9 Å². The van der Waals surface area contributed by atoms with Crippen molar-refractivity contribution in [1.82, 2.24) is 19.6 Å². The Kier molecular flexibility index (Phi) is 5.51. The second kappa shape index (κ2) is 8.51. The van der Waals surface area contributed by atoms with E-state index in [2.05, 4.69) is 14.7 Å². The number of hydrogen-bond acceptors (Lipinski definition) is 6. The highest BCUT2D eigenvalue weighted by atomic mass is 32.2. The third kappa shape index (κ3) is 3.89. The molecule has 0 saturated heterocycles. The fourth-order valence-electron chi connectivity index (χ4n) is 4.31. The van der Waals surface area contributed by atoms with Gasteiger partial charge in [-0.3, -0.25) is 4.79 Å². The van der Waals surface area contributed by atoms with Crippen LogP contribution in [0.15, 0.2) is 71.6 Å². The molecule has 3 N–H and O–H groups in total. The molecule has 0 saturated carbocycles. The van der Waals surface area contributed by atoms with Gasteiger partial charge in [-0.25, -0.2) is 23.1 Å². The first-order chi connectivity index (χ1) is 16.4.